The highest BCUT2D eigenvalue weighted by molar-refractivity contribution is 5.80. The van der Waals surface area contributed by atoms with Gasteiger partial charge in [0, 0.05) is 17.9 Å². The molecule has 1 amide bonds. The Labute approximate surface area is 114 Å². The van der Waals surface area contributed by atoms with Gasteiger partial charge in [0.15, 0.2) is 0 Å². The molecule has 0 aromatic heterocycles. The molecule has 2 unspecified atom stereocenters. The average molecular weight is 263 g/mol. The monoisotopic (exact) mass is 263 g/mol. The Hall–Kier alpha value is -1.38. The summed E-state index contributed by atoms with van der Waals surface area (Å²) in [6.45, 7) is 6.38. The van der Waals surface area contributed by atoms with Crippen LogP contribution >= 0.6 is 0 Å². The van der Waals surface area contributed by atoms with Crippen LogP contribution in [0.5, 0.6) is 0 Å². The van der Waals surface area contributed by atoms with Gasteiger partial charge in [-0.25, -0.2) is 4.39 Å². The molecule has 1 aromatic carbocycles. The lowest BCUT2D eigenvalue weighted by molar-refractivity contribution is -0.119. The van der Waals surface area contributed by atoms with Crippen LogP contribution in [0.4, 0.5) is 4.39 Å². The summed E-state index contributed by atoms with van der Waals surface area (Å²) < 4.78 is 13.8. The summed E-state index contributed by atoms with van der Waals surface area (Å²) in [6, 6.07) is 6.99. The van der Waals surface area contributed by atoms with E-state index in [-0.39, 0.29) is 23.2 Å². The number of amides is 1. The van der Waals surface area contributed by atoms with Crippen LogP contribution in [-0.2, 0) is 11.2 Å². The molecule has 2 atom stereocenters. The maximum atomic E-state index is 13.8. The second kappa shape index (κ2) is 5.32. The van der Waals surface area contributed by atoms with E-state index in [2.05, 4.69) is 26.1 Å². The Balaban J connectivity index is 2.20. The largest absolute Gasteiger partial charge is 0.353 e. The molecule has 2 nitrogen and oxygen atoms in total. The quantitative estimate of drug-likeness (QED) is 0.887. The van der Waals surface area contributed by atoms with Crippen LogP contribution in [0, 0.1) is 17.2 Å². The van der Waals surface area contributed by atoms with E-state index in [0.29, 0.717) is 24.3 Å². The van der Waals surface area contributed by atoms with Crippen molar-refractivity contribution < 1.29 is 9.18 Å². The number of halogens is 1. The van der Waals surface area contributed by atoms with Crippen LogP contribution in [0.25, 0.3) is 0 Å². The normalized spacial score (nSPS) is 26.8. The van der Waals surface area contributed by atoms with E-state index in [1.807, 2.05) is 12.1 Å². The lowest BCUT2D eigenvalue weighted by Crippen LogP contribution is -2.38. The predicted octanol–water partition coefficient (Wildman–Crippen LogP) is 3.31. The highest BCUT2D eigenvalue weighted by Gasteiger charge is 2.43. The molecule has 1 saturated heterocycles. The van der Waals surface area contributed by atoms with E-state index in [1.165, 1.54) is 6.07 Å². The van der Waals surface area contributed by atoms with Crippen molar-refractivity contribution >= 4 is 5.91 Å². The highest BCUT2D eigenvalue weighted by atomic mass is 19.1. The first kappa shape index (κ1) is 14.0. The SMILES string of the molecule is CC(C)CC1NC(=O)CC1(C)Cc1ccccc1F. The fraction of sp³-hybridized carbons (Fsp3) is 0.562. The van der Waals surface area contributed by atoms with Crippen molar-refractivity contribution in [3.63, 3.8) is 0 Å². The summed E-state index contributed by atoms with van der Waals surface area (Å²) in [4.78, 5) is 11.7. The molecule has 0 radical (unpaired) electrons. The Morgan fingerprint density at radius 1 is 1.42 bits per heavy atom. The van der Waals surface area contributed by atoms with E-state index in [0.717, 1.165) is 6.42 Å². The molecule has 1 aliphatic rings. The molecule has 2 rings (SSSR count). The molecule has 19 heavy (non-hydrogen) atoms. The Bertz CT molecular complexity index is 472. The number of benzene rings is 1. The van der Waals surface area contributed by atoms with Gasteiger partial charge in [-0.2, -0.15) is 0 Å². The zero-order valence-corrected chi connectivity index (χ0v) is 11.9. The summed E-state index contributed by atoms with van der Waals surface area (Å²) in [7, 11) is 0. The van der Waals surface area contributed by atoms with Crippen molar-refractivity contribution in [1.29, 1.82) is 0 Å². The van der Waals surface area contributed by atoms with Gasteiger partial charge >= 0.3 is 0 Å². The fourth-order valence-electron chi connectivity index (χ4n) is 2.99. The molecule has 1 aliphatic heterocycles. The van der Waals surface area contributed by atoms with Gasteiger partial charge in [-0.15, -0.1) is 0 Å². The summed E-state index contributed by atoms with van der Waals surface area (Å²) in [6.07, 6.45) is 2.03. The van der Waals surface area contributed by atoms with E-state index in [1.54, 1.807) is 6.07 Å². The molecule has 0 saturated carbocycles. The zero-order valence-electron chi connectivity index (χ0n) is 11.9. The number of rotatable bonds is 4. The third kappa shape index (κ3) is 3.14. The van der Waals surface area contributed by atoms with Crippen molar-refractivity contribution in [3.8, 4) is 0 Å². The topological polar surface area (TPSA) is 29.1 Å². The number of carbonyl (C=O) groups excluding carboxylic acids is 1. The van der Waals surface area contributed by atoms with Gasteiger partial charge < -0.3 is 5.32 Å². The number of hydrogen-bond acceptors (Lipinski definition) is 1. The van der Waals surface area contributed by atoms with Gasteiger partial charge in [-0.1, -0.05) is 39.0 Å². The van der Waals surface area contributed by atoms with Gasteiger partial charge in [0.05, 0.1) is 0 Å². The Morgan fingerprint density at radius 3 is 2.74 bits per heavy atom. The van der Waals surface area contributed by atoms with Crippen molar-refractivity contribution in [1.82, 2.24) is 5.32 Å². The summed E-state index contributed by atoms with van der Waals surface area (Å²) in [5.41, 5.74) is 0.513. The smallest absolute Gasteiger partial charge is 0.220 e. The number of hydrogen-bond donors (Lipinski definition) is 1. The maximum absolute atomic E-state index is 13.8. The van der Waals surface area contributed by atoms with E-state index >= 15 is 0 Å². The lowest BCUT2D eigenvalue weighted by Gasteiger charge is -2.31. The molecule has 1 heterocycles. The average Bonchev–Trinajstić information content (AvgIpc) is 2.56. The third-order valence-electron chi connectivity index (χ3n) is 4.00. The van der Waals surface area contributed by atoms with Crippen molar-refractivity contribution in [2.24, 2.45) is 11.3 Å². The van der Waals surface area contributed by atoms with Gasteiger partial charge in [0.25, 0.3) is 0 Å². The molecule has 0 aliphatic carbocycles. The van der Waals surface area contributed by atoms with E-state index in [9.17, 15) is 9.18 Å². The van der Waals surface area contributed by atoms with Crippen molar-refractivity contribution in [2.75, 3.05) is 0 Å². The predicted molar refractivity (Wildman–Crippen MR) is 74.2 cm³/mol. The standard InChI is InChI=1S/C16H22FNO/c1-11(2)8-14-16(3,10-15(19)18-14)9-12-6-4-5-7-13(12)17/h4-7,11,14H,8-10H2,1-3H3,(H,18,19). The van der Waals surface area contributed by atoms with Crippen LogP contribution < -0.4 is 5.32 Å². The highest BCUT2D eigenvalue weighted by Crippen LogP contribution is 2.38. The van der Waals surface area contributed by atoms with E-state index < -0.39 is 0 Å². The molecule has 0 spiro atoms. The summed E-state index contributed by atoms with van der Waals surface area (Å²) in [5, 5.41) is 3.05. The molecule has 1 aromatic rings. The zero-order chi connectivity index (χ0) is 14.0. The van der Waals surface area contributed by atoms with Crippen LogP contribution in [0.2, 0.25) is 0 Å². The van der Waals surface area contributed by atoms with Crippen molar-refractivity contribution in [3.05, 3.63) is 35.6 Å². The Morgan fingerprint density at radius 2 is 2.11 bits per heavy atom. The minimum absolute atomic E-state index is 0.0875. The second-order valence-electron chi connectivity index (χ2n) is 6.35. The van der Waals surface area contributed by atoms with Gasteiger partial charge in [0.1, 0.15) is 5.82 Å². The van der Waals surface area contributed by atoms with Crippen LogP contribution in [0.3, 0.4) is 0 Å². The minimum Gasteiger partial charge on any atom is -0.353 e. The van der Waals surface area contributed by atoms with Crippen LogP contribution in [-0.4, -0.2) is 11.9 Å². The molecule has 1 N–H and O–H groups in total. The molecule has 3 heteroatoms. The molecular weight excluding hydrogens is 241 g/mol. The van der Waals surface area contributed by atoms with Crippen LogP contribution in [0.1, 0.15) is 39.2 Å². The number of nitrogens with one attached hydrogen (secondary N) is 1. The van der Waals surface area contributed by atoms with Gasteiger partial charge in [0.2, 0.25) is 5.91 Å². The summed E-state index contributed by atoms with van der Waals surface area (Å²) >= 11 is 0. The third-order valence-corrected chi connectivity index (χ3v) is 4.00. The van der Waals surface area contributed by atoms with Crippen LogP contribution in [0.15, 0.2) is 24.3 Å². The van der Waals surface area contributed by atoms with Gasteiger partial charge in [-0.05, 0) is 30.4 Å². The minimum atomic E-state index is -0.191. The first-order valence-corrected chi connectivity index (χ1v) is 6.93. The molecule has 1 fully saturated rings. The summed E-state index contributed by atoms with van der Waals surface area (Å²) in [5.74, 6) is 0.430. The van der Waals surface area contributed by atoms with E-state index in [4.69, 9.17) is 0 Å². The molecular formula is C16H22FNO. The first-order chi connectivity index (χ1) is 8.90. The maximum Gasteiger partial charge on any atom is 0.220 e. The Kier molecular flexibility index (Phi) is 3.93. The lowest BCUT2D eigenvalue weighted by atomic mass is 9.74. The van der Waals surface area contributed by atoms with Crippen molar-refractivity contribution in [2.45, 2.75) is 46.1 Å². The first-order valence-electron chi connectivity index (χ1n) is 6.93. The fourth-order valence-corrected chi connectivity index (χ4v) is 2.99. The van der Waals surface area contributed by atoms with Gasteiger partial charge in [-0.3, -0.25) is 4.79 Å². The second-order valence-corrected chi connectivity index (χ2v) is 6.35. The number of carbonyl (C=O) groups is 1. The molecule has 0 bridgehead atoms. The molecule has 104 valence electrons.